The highest BCUT2D eigenvalue weighted by Crippen LogP contribution is 2.34. The molecule has 3 fully saturated rings. The minimum atomic E-state index is -1.98. The summed E-state index contributed by atoms with van der Waals surface area (Å²) in [5, 5.41) is 121. The monoisotopic (exact) mass is 1560 g/mol. The standard InChI is InChI=1S/C91H167NO18/c1-3-5-7-9-11-13-15-17-19-21-23-25-27-29-31-33-35-37-39-41-43-45-47-49-51-53-55-57-59-61-63-65-67-69-79(97)92-74(75(96)68-66-64-62-60-58-56-54-52-50-48-46-44-42-40-38-36-34-32-30-28-26-24-22-20-18-16-14-12-10-8-6-4-2)73-105-89-85(103)82(100)87(77(71-94)107-89)110-91-86(104)83(101)88(78(72-95)108-91)109-90-84(102)81(99)80(98)76(70-93)106-90/h15,17,21,23,27,29,58,60,66,68,74-78,80-91,93-96,98-104H,3-14,16,18-20,22,24-26,28,30-57,59,61-65,67,69-73H2,1-2H3,(H,92,97)/b17-15-,23-21-,29-27-,60-58+,68-66+. The van der Waals surface area contributed by atoms with Gasteiger partial charge in [-0.2, -0.15) is 0 Å². The van der Waals surface area contributed by atoms with Gasteiger partial charge in [0.15, 0.2) is 18.9 Å². The summed E-state index contributed by atoms with van der Waals surface area (Å²) in [7, 11) is 0. The Hall–Kier alpha value is -2.51. The van der Waals surface area contributed by atoms with Gasteiger partial charge in [-0.05, 0) is 70.6 Å². The van der Waals surface area contributed by atoms with E-state index in [1.54, 1.807) is 6.08 Å². The maximum Gasteiger partial charge on any atom is 0.220 e. The Morgan fingerprint density at radius 3 is 0.973 bits per heavy atom. The molecule has 12 N–H and O–H groups in total. The van der Waals surface area contributed by atoms with Crippen molar-refractivity contribution in [3.05, 3.63) is 60.8 Å². The molecule has 110 heavy (non-hydrogen) atoms. The van der Waals surface area contributed by atoms with Gasteiger partial charge >= 0.3 is 0 Å². The summed E-state index contributed by atoms with van der Waals surface area (Å²) in [5.74, 6) is -0.280. The number of aliphatic hydroxyl groups is 11. The molecule has 19 nitrogen and oxygen atoms in total. The summed E-state index contributed by atoms with van der Waals surface area (Å²) in [6.07, 6.45) is 66.6. The van der Waals surface area contributed by atoms with Gasteiger partial charge in [0, 0.05) is 6.42 Å². The molecule has 17 unspecified atom stereocenters. The molecule has 17 atom stereocenters. The molecule has 3 saturated heterocycles. The fourth-order valence-corrected chi connectivity index (χ4v) is 15.3. The van der Waals surface area contributed by atoms with Crippen LogP contribution in [0.5, 0.6) is 0 Å². The number of ether oxygens (including phenoxy) is 6. The third-order valence-electron chi connectivity index (χ3n) is 22.5. The summed E-state index contributed by atoms with van der Waals surface area (Å²) in [6.45, 7) is 1.76. The Bertz CT molecular complexity index is 2220. The van der Waals surface area contributed by atoms with Crippen molar-refractivity contribution in [2.24, 2.45) is 0 Å². The molecule has 0 aromatic heterocycles. The molecule has 0 radical (unpaired) electrons. The predicted octanol–water partition coefficient (Wildman–Crippen LogP) is 17.4. The highest BCUT2D eigenvalue weighted by Gasteiger charge is 2.54. The second-order valence-electron chi connectivity index (χ2n) is 32.4. The van der Waals surface area contributed by atoms with Crippen LogP contribution in [0.2, 0.25) is 0 Å². The van der Waals surface area contributed by atoms with E-state index in [-0.39, 0.29) is 18.9 Å². The van der Waals surface area contributed by atoms with Crippen LogP contribution in [0.25, 0.3) is 0 Å². The fraction of sp³-hybridized carbons (Fsp3) is 0.879. The molecule has 0 aromatic carbocycles. The summed E-state index contributed by atoms with van der Waals surface area (Å²) in [5.41, 5.74) is 0. The average molecular weight is 1560 g/mol. The van der Waals surface area contributed by atoms with Gasteiger partial charge in [-0.3, -0.25) is 4.79 Å². The van der Waals surface area contributed by atoms with Gasteiger partial charge in [0.1, 0.15) is 73.2 Å². The van der Waals surface area contributed by atoms with Crippen LogP contribution in [0.4, 0.5) is 0 Å². The first-order valence-electron chi connectivity index (χ1n) is 45.5. The minimum absolute atomic E-state index is 0.236. The molecule has 3 aliphatic heterocycles. The van der Waals surface area contributed by atoms with Crippen LogP contribution < -0.4 is 5.32 Å². The van der Waals surface area contributed by atoms with Crippen molar-refractivity contribution in [2.45, 2.75) is 484 Å². The van der Waals surface area contributed by atoms with E-state index in [0.29, 0.717) is 12.8 Å². The van der Waals surface area contributed by atoms with Gasteiger partial charge in [-0.1, -0.05) is 364 Å². The van der Waals surface area contributed by atoms with Crippen LogP contribution in [-0.4, -0.2) is 193 Å². The van der Waals surface area contributed by atoms with Crippen LogP contribution in [0.15, 0.2) is 60.8 Å². The number of unbranched alkanes of at least 4 members (excludes halogenated alkanes) is 50. The Labute approximate surface area is 668 Å². The predicted molar refractivity (Wildman–Crippen MR) is 443 cm³/mol. The number of hydrogen-bond donors (Lipinski definition) is 12. The lowest BCUT2D eigenvalue weighted by atomic mass is 9.96. The number of carbonyl (C=O) groups is 1. The second kappa shape index (κ2) is 70.7. The number of nitrogens with one attached hydrogen (secondary N) is 1. The number of rotatable bonds is 74. The first kappa shape index (κ1) is 102. The van der Waals surface area contributed by atoms with Crippen LogP contribution in [0.1, 0.15) is 380 Å². The zero-order chi connectivity index (χ0) is 79.5. The van der Waals surface area contributed by atoms with E-state index in [1.165, 1.54) is 295 Å². The highest BCUT2D eigenvalue weighted by atomic mass is 16.8. The Balaban J connectivity index is 1.34. The molecule has 3 rings (SSSR count). The molecule has 3 aliphatic rings. The van der Waals surface area contributed by atoms with Gasteiger partial charge in [0.05, 0.1) is 38.6 Å². The van der Waals surface area contributed by atoms with Crippen LogP contribution in [0, 0.1) is 0 Å². The third-order valence-corrected chi connectivity index (χ3v) is 22.5. The minimum Gasteiger partial charge on any atom is -0.394 e. The quantitative estimate of drug-likeness (QED) is 0.0199. The molecule has 1 amide bonds. The van der Waals surface area contributed by atoms with E-state index in [1.807, 2.05) is 6.08 Å². The van der Waals surface area contributed by atoms with Gasteiger partial charge < -0.3 is 89.9 Å². The second-order valence-corrected chi connectivity index (χ2v) is 32.4. The smallest absolute Gasteiger partial charge is 0.220 e. The Morgan fingerprint density at radius 1 is 0.327 bits per heavy atom. The van der Waals surface area contributed by atoms with Gasteiger partial charge in [-0.25, -0.2) is 0 Å². The van der Waals surface area contributed by atoms with Gasteiger partial charge in [0.2, 0.25) is 5.91 Å². The van der Waals surface area contributed by atoms with Gasteiger partial charge in [-0.15, -0.1) is 0 Å². The lowest BCUT2D eigenvalue weighted by Crippen LogP contribution is -2.66. The van der Waals surface area contributed by atoms with Crippen molar-refractivity contribution < 1.29 is 89.4 Å². The van der Waals surface area contributed by atoms with E-state index in [2.05, 4.69) is 67.8 Å². The van der Waals surface area contributed by atoms with E-state index >= 15 is 0 Å². The topological polar surface area (TPSA) is 307 Å². The molecular formula is C91H167NO18. The van der Waals surface area contributed by atoms with Crippen LogP contribution >= 0.6 is 0 Å². The molecule has 0 aromatic rings. The summed E-state index contributed by atoms with van der Waals surface area (Å²) in [4.78, 5) is 13.5. The molecule has 0 aliphatic carbocycles. The van der Waals surface area contributed by atoms with E-state index in [0.717, 1.165) is 51.4 Å². The SMILES string of the molecule is CCCCCCC/C=C\C/C=C\C/C=C\CCCCCCCCCCCCCCCCCCCCC(=O)NC(COC1OC(CO)C(OC2OC(CO)C(OC3OC(CO)C(O)C(O)C3O)C(O)C2O)C(O)C1O)C(O)/C=C/CC/C=C/CCCCCCCCCCCCCCCCCCCCCCCCCCCC. The number of aliphatic hydroxyl groups excluding tert-OH is 11. The van der Waals surface area contributed by atoms with E-state index in [9.17, 15) is 61.0 Å². The highest BCUT2D eigenvalue weighted by molar-refractivity contribution is 5.76. The summed E-state index contributed by atoms with van der Waals surface area (Å²) < 4.78 is 34.5. The molecule has 3 heterocycles. The number of carbonyl (C=O) groups excluding carboxylic acids is 1. The fourth-order valence-electron chi connectivity index (χ4n) is 15.3. The molecule has 644 valence electrons. The largest absolute Gasteiger partial charge is 0.394 e. The maximum atomic E-state index is 13.5. The van der Waals surface area contributed by atoms with Crippen molar-refractivity contribution in [1.82, 2.24) is 5.32 Å². The lowest BCUT2D eigenvalue weighted by Gasteiger charge is -2.48. The van der Waals surface area contributed by atoms with Crippen molar-refractivity contribution in [2.75, 3.05) is 26.4 Å². The number of allylic oxidation sites excluding steroid dienone is 9. The van der Waals surface area contributed by atoms with Crippen molar-refractivity contribution in [3.8, 4) is 0 Å². The van der Waals surface area contributed by atoms with E-state index in [4.69, 9.17) is 28.4 Å². The van der Waals surface area contributed by atoms with Gasteiger partial charge in [0.25, 0.3) is 0 Å². The molecule has 19 heteroatoms. The maximum absolute atomic E-state index is 13.5. The Kier molecular flexibility index (Phi) is 65.3. The van der Waals surface area contributed by atoms with Crippen molar-refractivity contribution >= 4 is 5.91 Å². The summed E-state index contributed by atoms with van der Waals surface area (Å²) >= 11 is 0. The van der Waals surface area contributed by atoms with Crippen molar-refractivity contribution in [1.29, 1.82) is 0 Å². The van der Waals surface area contributed by atoms with Crippen LogP contribution in [-0.2, 0) is 33.2 Å². The molecule has 0 saturated carbocycles. The summed E-state index contributed by atoms with van der Waals surface area (Å²) in [6, 6.07) is -0.994. The zero-order valence-corrected chi connectivity index (χ0v) is 69.5. The average Bonchev–Trinajstić information content (AvgIpc) is 0.780. The molecular weight excluding hydrogens is 1390 g/mol. The Morgan fingerprint density at radius 2 is 0.609 bits per heavy atom. The third kappa shape index (κ3) is 48.9. The first-order valence-corrected chi connectivity index (χ1v) is 45.5. The number of amides is 1. The molecule has 0 spiro atoms. The number of hydrogen-bond acceptors (Lipinski definition) is 18. The normalized spacial score (nSPS) is 25.4. The van der Waals surface area contributed by atoms with E-state index < -0.39 is 124 Å². The van der Waals surface area contributed by atoms with Crippen LogP contribution in [0.3, 0.4) is 0 Å². The molecule has 0 bridgehead atoms. The van der Waals surface area contributed by atoms with Crippen molar-refractivity contribution in [3.63, 3.8) is 0 Å². The zero-order valence-electron chi connectivity index (χ0n) is 69.5. The first-order chi connectivity index (χ1) is 53.8. The lowest BCUT2D eigenvalue weighted by molar-refractivity contribution is -0.379.